The Morgan fingerprint density at radius 3 is 2.42 bits per heavy atom. The number of hydrogen-bond donors (Lipinski definition) is 3. The molecular formula is C14H20N2O3. The van der Waals surface area contributed by atoms with Gasteiger partial charge in [-0.15, -0.1) is 0 Å². The van der Waals surface area contributed by atoms with Crippen LogP contribution >= 0.6 is 0 Å². The molecule has 19 heavy (non-hydrogen) atoms. The van der Waals surface area contributed by atoms with E-state index in [2.05, 4.69) is 5.32 Å². The number of amides is 1. The molecule has 0 heterocycles. The van der Waals surface area contributed by atoms with Crippen LogP contribution in [0.3, 0.4) is 0 Å². The van der Waals surface area contributed by atoms with Crippen LogP contribution in [0.1, 0.15) is 31.7 Å². The summed E-state index contributed by atoms with van der Waals surface area (Å²) in [6.45, 7) is 3.47. The highest BCUT2D eigenvalue weighted by atomic mass is 16.4. The Labute approximate surface area is 112 Å². The third kappa shape index (κ3) is 4.06. The number of carbonyl (C=O) groups is 2. The van der Waals surface area contributed by atoms with Crippen molar-refractivity contribution in [3.63, 3.8) is 0 Å². The Kier molecular flexibility index (Phi) is 5.06. The molecule has 1 amide bonds. The molecule has 4 N–H and O–H groups in total. The van der Waals surface area contributed by atoms with E-state index < -0.39 is 17.4 Å². The van der Waals surface area contributed by atoms with E-state index in [1.54, 1.807) is 31.2 Å². The highest BCUT2D eigenvalue weighted by Crippen LogP contribution is 2.15. The molecule has 2 unspecified atom stereocenters. The molecule has 0 aliphatic rings. The van der Waals surface area contributed by atoms with Crippen LogP contribution in [0, 0.1) is 0 Å². The Bertz CT molecular complexity index is 443. The lowest BCUT2D eigenvalue weighted by Gasteiger charge is -2.23. The normalized spacial score (nSPS) is 15.3. The van der Waals surface area contributed by atoms with Crippen molar-refractivity contribution in [2.45, 2.75) is 31.7 Å². The van der Waals surface area contributed by atoms with Crippen LogP contribution in [0.5, 0.6) is 0 Å². The lowest BCUT2D eigenvalue weighted by molar-refractivity contribution is -0.138. The van der Waals surface area contributed by atoms with Crippen molar-refractivity contribution in [2.24, 2.45) is 5.73 Å². The molecule has 1 rings (SSSR count). The molecule has 5 heteroatoms. The third-order valence-corrected chi connectivity index (χ3v) is 3.22. The van der Waals surface area contributed by atoms with Gasteiger partial charge in [0.05, 0.1) is 11.5 Å². The van der Waals surface area contributed by atoms with Gasteiger partial charge in [0.2, 0.25) is 5.91 Å². The smallest absolute Gasteiger partial charge is 0.312 e. The van der Waals surface area contributed by atoms with Crippen molar-refractivity contribution in [2.75, 3.05) is 6.54 Å². The van der Waals surface area contributed by atoms with E-state index in [0.717, 1.165) is 0 Å². The Morgan fingerprint density at radius 1 is 1.37 bits per heavy atom. The highest BCUT2D eigenvalue weighted by Gasteiger charge is 2.28. The Balaban J connectivity index is 2.72. The minimum atomic E-state index is -0.972. The van der Waals surface area contributed by atoms with Crippen LogP contribution in [0.15, 0.2) is 30.3 Å². The highest BCUT2D eigenvalue weighted by molar-refractivity contribution is 5.86. The first-order valence-electron chi connectivity index (χ1n) is 6.23. The lowest BCUT2D eigenvalue weighted by atomic mass is 9.97. The van der Waals surface area contributed by atoms with Crippen LogP contribution in [0.2, 0.25) is 0 Å². The van der Waals surface area contributed by atoms with Gasteiger partial charge in [0.15, 0.2) is 0 Å². The number of nitrogens with two attached hydrogens (primary N) is 1. The minimum absolute atomic E-state index is 0.0327. The average Bonchev–Trinajstić information content (AvgIpc) is 2.39. The van der Waals surface area contributed by atoms with Gasteiger partial charge in [0.25, 0.3) is 0 Å². The minimum Gasteiger partial charge on any atom is -0.481 e. The van der Waals surface area contributed by atoms with Crippen molar-refractivity contribution in [3.8, 4) is 0 Å². The van der Waals surface area contributed by atoms with Gasteiger partial charge >= 0.3 is 5.97 Å². The topological polar surface area (TPSA) is 92.4 Å². The lowest BCUT2D eigenvalue weighted by Crippen LogP contribution is -2.52. The van der Waals surface area contributed by atoms with Crippen LogP contribution < -0.4 is 11.1 Å². The van der Waals surface area contributed by atoms with E-state index in [-0.39, 0.29) is 12.5 Å². The maximum absolute atomic E-state index is 11.8. The van der Waals surface area contributed by atoms with Crippen LogP contribution in [-0.2, 0) is 9.59 Å². The summed E-state index contributed by atoms with van der Waals surface area (Å²) in [4.78, 5) is 23.1. The molecule has 0 radical (unpaired) electrons. The molecule has 2 atom stereocenters. The molecule has 0 spiro atoms. The van der Waals surface area contributed by atoms with Gasteiger partial charge in [0, 0.05) is 6.54 Å². The number of benzene rings is 1. The van der Waals surface area contributed by atoms with Crippen LogP contribution in [0.4, 0.5) is 0 Å². The van der Waals surface area contributed by atoms with E-state index in [0.29, 0.717) is 12.0 Å². The molecule has 5 nitrogen and oxygen atoms in total. The largest absolute Gasteiger partial charge is 0.481 e. The summed E-state index contributed by atoms with van der Waals surface area (Å²) in [6, 6.07) is 8.81. The van der Waals surface area contributed by atoms with E-state index in [1.165, 1.54) is 0 Å². The first kappa shape index (κ1) is 15.2. The Hall–Kier alpha value is -1.88. The van der Waals surface area contributed by atoms with E-state index >= 15 is 0 Å². The average molecular weight is 264 g/mol. The first-order valence-corrected chi connectivity index (χ1v) is 6.23. The molecule has 0 bridgehead atoms. The zero-order chi connectivity index (χ0) is 14.5. The summed E-state index contributed by atoms with van der Waals surface area (Å²) in [5, 5.41) is 11.8. The van der Waals surface area contributed by atoms with Gasteiger partial charge in [-0.05, 0) is 18.9 Å². The monoisotopic (exact) mass is 264 g/mol. The molecule has 1 aromatic carbocycles. The van der Waals surface area contributed by atoms with E-state index in [4.69, 9.17) is 5.73 Å². The fraction of sp³-hybridized carbons (Fsp3) is 0.429. The zero-order valence-corrected chi connectivity index (χ0v) is 11.2. The second-order valence-electron chi connectivity index (χ2n) is 4.78. The predicted octanol–water partition coefficient (Wildman–Crippen LogP) is 1.10. The van der Waals surface area contributed by atoms with Gasteiger partial charge in [-0.25, -0.2) is 0 Å². The summed E-state index contributed by atoms with van der Waals surface area (Å²) in [7, 11) is 0. The standard InChI is InChI=1S/C14H20N2O3/c1-3-14(2,15)13(19)16-9-11(12(17)18)10-7-5-4-6-8-10/h4-8,11H,3,9,15H2,1-2H3,(H,16,19)(H,17,18). The summed E-state index contributed by atoms with van der Waals surface area (Å²) >= 11 is 0. The summed E-state index contributed by atoms with van der Waals surface area (Å²) in [6.07, 6.45) is 0.488. The van der Waals surface area contributed by atoms with Gasteiger partial charge in [-0.2, -0.15) is 0 Å². The zero-order valence-electron chi connectivity index (χ0n) is 11.2. The van der Waals surface area contributed by atoms with Crippen molar-refractivity contribution < 1.29 is 14.7 Å². The third-order valence-electron chi connectivity index (χ3n) is 3.22. The number of nitrogens with one attached hydrogen (secondary N) is 1. The molecule has 0 aromatic heterocycles. The maximum atomic E-state index is 11.8. The number of rotatable bonds is 6. The van der Waals surface area contributed by atoms with Crippen molar-refractivity contribution >= 4 is 11.9 Å². The quantitative estimate of drug-likeness (QED) is 0.717. The SMILES string of the molecule is CCC(C)(N)C(=O)NCC(C(=O)O)c1ccccc1. The van der Waals surface area contributed by atoms with E-state index in [1.807, 2.05) is 13.0 Å². The molecule has 0 aliphatic carbocycles. The fourth-order valence-corrected chi connectivity index (χ4v) is 1.59. The summed E-state index contributed by atoms with van der Waals surface area (Å²) < 4.78 is 0. The first-order chi connectivity index (χ1) is 8.88. The predicted molar refractivity (Wildman–Crippen MR) is 72.7 cm³/mol. The number of hydrogen-bond acceptors (Lipinski definition) is 3. The van der Waals surface area contributed by atoms with E-state index in [9.17, 15) is 14.7 Å². The maximum Gasteiger partial charge on any atom is 0.312 e. The van der Waals surface area contributed by atoms with Crippen molar-refractivity contribution in [3.05, 3.63) is 35.9 Å². The molecule has 0 saturated heterocycles. The number of carbonyl (C=O) groups excluding carboxylic acids is 1. The van der Waals surface area contributed by atoms with Crippen LogP contribution in [0.25, 0.3) is 0 Å². The molecule has 0 fully saturated rings. The molecule has 0 aliphatic heterocycles. The molecular weight excluding hydrogens is 244 g/mol. The summed E-state index contributed by atoms with van der Waals surface area (Å²) in [5.41, 5.74) is 5.49. The summed E-state index contributed by atoms with van der Waals surface area (Å²) in [5.74, 6) is -2.07. The molecule has 104 valence electrons. The fourth-order valence-electron chi connectivity index (χ4n) is 1.59. The van der Waals surface area contributed by atoms with Crippen molar-refractivity contribution in [1.29, 1.82) is 0 Å². The Morgan fingerprint density at radius 2 is 1.95 bits per heavy atom. The number of carboxylic acids is 1. The van der Waals surface area contributed by atoms with Gasteiger partial charge in [0.1, 0.15) is 0 Å². The van der Waals surface area contributed by atoms with Crippen LogP contribution in [-0.4, -0.2) is 29.1 Å². The number of carboxylic acid groups (broad SMARTS) is 1. The van der Waals surface area contributed by atoms with Gasteiger partial charge in [-0.3, -0.25) is 9.59 Å². The van der Waals surface area contributed by atoms with Gasteiger partial charge < -0.3 is 16.2 Å². The second kappa shape index (κ2) is 6.33. The van der Waals surface area contributed by atoms with Gasteiger partial charge in [-0.1, -0.05) is 37.3 Å². The van der Waals surface area contributed by atoms with Crippen molar-refractivity contribution in [1.82, 2.24) is 5.32 Å². The molecule has 1 aromatic rings. The molecule has 0 saturated carbocycles. The number of aliphatic carboxylic acids is 1. The second-order valence-corrected chi connectivity index (χ2v) is 4.78.